The van der Waals surface area contributed by atoms with Gasteiger partial charge in [-0.05, 0) is 36.4 Å². The molecule has 25 heavy (non-hydrogen) atoms. The van der Waals surface area contributed by atoms with Gasteiger partial charge in [-0.25, -0.2) is 4.98 Å². The number of aromatic amines is 1. The predicted molar refractivity (Wildman–Crippen MR) is 96.8 cm³/mol. The van der Waals surface area contributed by atoms with Crippen molar-refractivity contribution in [3.05, 3.63) is 66.5 Å². The largest absolute Gasteiger partial charge is 0.337 e. The van der Waals surface area contributed by atoms with E-state index in [-0.39, 0.29) is 0 Å². The molecule has 0 unspecified atom stereocenters. The number of rotatable bonds is 1. The van der Waals surface area contributed by atoms with E-state index in [0.29, 0.717) is 11.4 Å². The zero-order valence-corrected chi connectivity index (χ0v) is 13.1. The molecule has 5 heteroatoms. The second-order valence-electron chi connectivity index (χ2n) is 5.77. The molecule has 0 spiro atoms. The topological polar surface area (TPSA) is 78.2 Å². The van der Waals surface area contributed by atoms with Crippen LogP contribution < -0.4 is 0 Å². The molecule has 0 atom stereocenters. The Morgan fingerprint density at radius 3 is 2.32 bits per heavy atom. The fourth-order valence-corrected chi connectivity index (χ4v) is 3.26. The van der Waals surface area contributed by atoms with Crippen molar-refractivity contribution in [3.63, 3.8) is 0 Å². The third-order valence-electron chi connectivity index (χ3n) is 4.37. The lowest BCUT2D eigenvalue weighted by Crippen LogP contribution is -1.86. The van der Waals surface area contributed by atoms with E-state index in [1.807, 2.05) is 42.5 Å². The maximum atomic E-state index is 9.39. The van der Waals surface area contributed by atoms with Gasteiger partial charge in [0.25, 0.3) is 0 Å². The Hall–Kier alpha value is -3.78. The summed E-state index contributed by atoms with van der Waals surface area (Å²) in [5, 5.41) is 11.3. The quantitative estimate of drug-likeness (QED) is 0.469. The van der Waals surface area contributed by atoms with E-state index < -0.39 is 0 Å². The summed E-state index contributed by atoms with van der Waals surface area (Å²) in [6.07, 6.45) is 3.53. The smallest absolute Gasteiger partial charge is 0.139 e. The summed E-state index contributed by atoms with van der Waals surface area (Å²) in [7, 11) is 0. The number of hydrogen-bond donors (Lipinski definition) is 1. The number of nitriles is 1. The van der Waals surface area contributed by atoms with Crippen molar-refractivity contribution in [1.29, 1.82) is 5.26 Å². The molecule has 1 N–H and O–H groups in total. The van der Waals surface area contributed by atoms with Crippen molar-refractivity contribution in [2.75, 3.05) is 0 Å². The van der Waals surface area contributed by atoms with Gasteiger partial charge in [0.15, 0.2) is 0 Å². The maximum absolute atomic E-state index is 9.39. The first kappa shape index (κ1) is 13.6. The van der Waals surface area contributed by atoms with Crippen LogP contribution in [0.25, 0.3) is 44.2 Å². The summed E-state index contributed by atoms with van der Waals surface area (Å²) in [4.78, 5) is 17.2. The average molecular weight is 321 g/mol. The second kappa shape index (κ2) is 5.11. The minimum absolute atomic E-state index is 0.589. The van der Waals surface area contributed by atoms with E-state index in [1.54, 1.807) is 18.5 Å². The summed E-state index contributed by atoms with van der Waals surface area (Å²) >= 11 is 0. The van der Waals surface area contributed by atoms with Gasteiger partial charge in [-0.3, -0.25) is 9.97 Å². The monoisotopic (exact) mass is 321 g/mol. The van der Waals surface area contributed by atoms with Crippen LogP contribution in [0.2, 0.25) is 0 Å². The van der Waals surface area contributed by atoms with Crippen LogP contribution in [0.4, 0.5) is 0 Å². The highest BCUT2D eigenvalue weighted by atomic mass is 14.9. The summed E-state index contributed by atoms with van der Waals surface area (Å²) in [6, 6.07) is 17.5. The number of nitrogens with zero attached hydrogens (tertiary/aromatic N) is 4. The summed E-state index contributed by atoms with van der Waals surface area (Å²) in [6.45, 7) is 0. The van der Waals surface area contributed by atoms with Crippen LogP contribution in [0.3, 0.4) is 0 Å². The first-order chi connectivity index (χ1) is 12.4. The average Bonchev–Trinajstić information content (AvgIpc) is 3.14. The molecule has 0 bridgehead atoms. The molecular formula is C20H11N5. The SMILES string of the molecule is N#Cc1ccccc1-c1nc2c3cccnc3c3ncccc3c2[nH]1. The Morgan fingerprint density at radius 2 is 1.52 bits per heavy atom. The fourth-order valence-electron chi connectivity index (χ4n) is 3.26. The normalized spacial score (nSPS) is 11.2. The van der Waals surface area contributed by atoms with Crippen molar-refractivity contribution in [2.24, 2.45) is 0 Å². The molecule has 0 aliphatic rings. The number of fused-ring (bicyclic) bond motifs is 6. The van der Waals surface area contributed by atoms with Crippen LogP contribution in [-0.4, -0.2) is 19.9 Å². The van der Waals surface area contributed by atoms with Crippen LogP contribution >= 0.6 is 0 Å². The van der Waals surface area contributed by atoms with Crippen LogP contribution in [0.15, 0.2) is 60.9 Å². The lowest BCUT2D eigenvalue weighted by atomic mass is 10.1. The lowest BCUT2D eigenvalue weighted by Gasteiger charge is -2.03. The molecule has 3 heterocycles. The molecular weight excluding hydrogens is 310 g/mol. The van der Waals surface area contributed by atoms with E-state index in [0.717, 1.165) is 38.4 Å². The summed E-state index contributed by atoms with van der Waals surface area (Å²) in [5.74, 6) is 0.675. The number of H-pyrrole nitrogens is 1. The third-order valence-corrected chi connectivity index (χ3v) is 4.37. The Bertz CT molecular complexity index is 1240. The molecule has 5 nitrogen and oxygen atoms in total. The van der Waals surface area contributed by atoms with Crippen LogP contribution in [0, 0.1) is 11.3 Å². The molecule has 0 fully saturated rings. The molecule has 0 aliphatic heterocycles. The predicted octanol–water partition coefficient (Wildman–Crippen LogP) is 4.20. The molecule has 0 radical (unpaired) electrons. The molecule has 0 amide bonds. The third kappa shape index (κ3) is 1.91. The number of imidazole rings is 1. The highest BCUT2D eigenvalue weighted by Crippen LogP contribution is 2.33. The number of hydrogen-bond acceptors (Lipinski definition) is 4. The molecule has 0 aliphatic carbocycles. The van der Waals surface area contributed by atoms with Gasteiger partial charge < -0.3 is 4.98 Å². The number of nitrogens with one attached hydrogen (secondary N) is 1. The highest BCUT2D eigenvalue weighted by Gasteiger charge is 2.16. The Labute approximate surface area is 142 Å². The molecule has 0 saturated carbocycles. The summed E-state index contributed by atoms with van der Waals surface area (Å²) < 4.78 is 0. The Morgan fingerprint density at radius 1 is 0.800 bits per heavy atom. The van der Waals surface area contributed by atoms with E-state index in [9.17, 15) is 5.26 Å². The molecule has 2 aromatic carbocycles. The number of aromatic nitrogens is 4. The van der Waals surface area contributed by atoms with Gasteiger partial charge in [-0.1, -0.05) is 12.1 Å². The van der Waals surface area contributed by atoms with Crippen LogP contribution in [0.5, 0.6) is 0 Å². The van der Waals surface area contributed by atoms with Crippen molar-refractivity contribution in [2.45, 2.75) is 0 Å². The highest BCUT2D eigenvalue weighted by molar-refractivity contribution is 6.21. The zero-order chi connectivity index (χ0) is 16.8. The first-order valence-corrected chi connectivity index (χ1v) is 7.87. The zero-order valence-electron chi connectivity index (χ0n) is 13.1. The van der Waals surface area contributed by atoms with Gasteiger partial charge in [0.05, 0.1) is 33.7 Å². The van der Waals surface area contributed by atoms with Gasteiger partial charge in [0, 0.05) is 28.7 Å². The number of benzene rings is 2. The number of pyridine rings is 2. The molecule has 116 valence electrons. The molecule has 0 saturated heterocycles. The van der Waals surface area contributed by atoms with E-state index in [2.05, 4.69) is 21.0 Å². The minimum atomic E-state index is 0.589. The van der Waals surface area contributed by atoms with E-state index in [4.69, 9.17) is 4.98 Å². The second-order valence-corrected chi connectivity index (χ2v) is 5.77. The Balaban J connectivity index is 1.97. The van der Waals surface area contributed by atoms with Crippen molar-refractivity contribution in [3.8, 4) is 17.5 Å². The fraction of sp³-hybridized carbons (Fsp3) is 0. The molecule has 5 rings (SSSR count). The van der Waals surface area contributed by atoms with Gasteiger partial charge in [0.1, 0.15) is 5.82 Å². The van der Waals surface area contributed by atoms with Gasteiger partial charge >= 0.3 is 0 Å². The molecule has 3 aromatic heterocycles. The van der Waals surface area contributed by atoms with Gasteiger partial charge in [-0.15, -0.1) is 0 Å². The van der Waals surface area contributed by atoms with Crippen molar-refractivity contribution in [1.82, 2.24) is 19.9 Å². The Kier molecular flexibility index (Phi) is 2.79. The lowest BCUT2D eigenvalue weighted by molar-refractivity contribution is 1.33. The summed E-state index contributed by atoms with van der Waals surface area (Å²) in [5.41, 5.74) is 4.80. The van der Waals surface area contributed by atoms with Crippen LogP contribution in [0.1, 0.15) is 5.56 Å². The van der Waals surface area contributed by atoms with Gasteiger partial charge in [-0.2, -0.15) is 5.26 Å². The standard InChI is InChI=1S/C20H11N5/c21-11-12-5-1-2-6-13(12)20-24-18-14-7-3-9-22-16(14)17-15(19(18)25-20)8-4-10-23-17/h1-10H,(H,24,25). The van der Waals surface area contributed by atoms with Crippen LogP contribution in [-0.2, 0) is 0 Å². The minimum Gasteiger partial charge on any atom is -0.337 e. The van der Waals surface area contributed by atoms with Crippen molar-refractivity contribution >= 4 is 32.8 Å². The molecule has 5 aromatic rings. The van der Waals surface area contributed by atoms with Crippen molar-refractivity contribution < 1.29 is 0 Å². The maximum Gasteiger partial charge on any atom is 0.139 e. The first-order valence-electron chi connectivity index (χ1n) is 7.87. The van der Waals surface area contributed by atoms with E-state index >= 15 is 0 Å². The van der Waals surface area contributed by atoms with Gasteiger partial charge in [0.2, 0.25) is 0 Å². The van der Waals surface area contributed by atoms with E-state index in [1.165, 1.54) is 0 Å².